The lowest BCUT2D eigenvalue weighted by Gasteiger charge is -2.35. The third-order valence-electron chi connectivity index (χ3n) is 6.15. The summed E-state index contributed by atoms with van der Waals surface area (Å²) in [5, 5.41) is 3.24. The van der Waals surface area contributed by atoms with E-state index in [0.717, 1.165) is 23.3 Å². The van der Waals surface area contributed by atoms with E-state index < -0.39 is 11.6 Å². The van der Waals surface area contributed by atoms with Gasteiger partial charge in [0.2, 0.25) is 5.92 Å². The predicted octanol–water partition coefficient (Wildman–Crippen LogP) is 2.44. The van der Waals surface area contributed by atoms with Crippen LogP contribution in [0.25, 0.3) is 10.2 Å². The van der Waals surface area contributed by atoms with Gasteiger partial charge in [0.25, 0.3) is 5.56 Å². The van der Waals surface area contributed by atoms with Crippen molar-refractivity contribution < 1.29 is 13.6 Å². The van der Waals surface area contributed by atoms with Gasteiger partial charge in [-0.05, 0) is 31.2 Å². The van der Waals surface area contributed by atoms with Crippen molar-refractivity contribution in [2.24, 2.45) is 5.92 Å². The Bertz CT molecular complexity index is 1120. The van der Waals surface area contributed by atoms with Crippen molar-refractivity contribution in [1.29, 1.82) is 0 Å². The molecule has 0 atom stereocenters. The van der Waals surface area contributed by atoms with Gasteiger partial charge in [0.05, 0.1) is 11.9 Å². The van der Waals surface area contributed by atoms with E-state index in [1.54, 1.807) is 4.90 Å². The van der Waals surface area contributed by atoms with Crippen molar-refractivity contribution in [3.63, 3.8) is 0 Å². The summed E-state index contributed by atoms with van der Waals surface area (Å²) in [6, 6.07) is -0.244. The number of aryl methyl sites for hydroxylation is 1. The van der Waals surface area contributed by atoms with Gasteiger partial charge < -0.3 is 10.2 Å². The molecule has 1 aliphatic heterocycles. The Balaban J connectivity index is 1.61. The molecule has 10 heteroatoms. The van der Waals surface area contributed by atoms with E-state index in [9.17, 15) is 23.2 Å². The van der Waals surface area contributed by atoms with Gasteiger partial charge in [0.1, 0.15) is 4.83 Å². The number of rotatable bonds is 5. The quantitative estimate of drug-likeness (QED) is 0.801. The number of thiophene rings is 1. The number of hydrogen-bond donors (Lipinski definition) is 1. The Kier molecular flexibility index (Phi) is 4.13. The zero-order valence-electron chi connectivity index (χ0n) is 16.0. The Morgan fingerprint density at radius 3 is 2.52 bits per heavy atom. The molecule has 3 heterocycles. The second kappa shape index (κ2) is 6.38. The minimum absolute atomic E-state index is 0.0967. The molecule has 1 saturated heterocycles. The largest absolute Gasteiger partial charge is 0.336 e. The Hall–Kier alpha value is -2.23. The first-order valence-electron chi connectivity index (χ1n) is 9.93. The van der Waals surface area contributed by atoms with Gasteiger partial charge in [-0.1, -0.05) is 0 Å². The van der Waals surface area contributed by atoms with Crippen LogP contribution in [-0.2, 0) is 13.1 Å². The summed E-state index contributed by atoms with van der Waals surface area (Å²) in [6.07, 6.45) is 1.11. The van der Waals surface area contributed by atoms with Crippen LogP contribution in [0.5, 0.6) is 0 Å². The van der Waals surface area contributed by atoms with Crippen LogP contribution in [-0.4, -0.2) is 39.1 Å². The van der Waals surface area contributed by atoms with Crippen molar-refractivity contribution in [2.75, 3.05) is 13.1 Å². The fourth-order valence-electron chi connectivity index (χ4n) is 4.38. The second-order valence-electron chi connectivity index (χ2n) is 8.41. The molecule has 29 heavy (non-hydrogen) atoms. The molecule has 7 nitrogen and oxygen atoms in total. The van der Waals surface area contributed by atoms with Crippen LogP contribution in [0.2, 0.25) is 0 Å². The van der Waals surface area contributed by atoms with E-state index in [-0.39, 0.29) is 42.9 Å². The van der Waals surface area contributed by atoms with Crippen LogP contribution in [0.15, 0.2) is 9.59 Å². The molecule has 1 N–H and O–H groups in total. The number of fused-ring (bicyclic) bond motifs is 1. The van der Waals surface area contributed by atoms with Gasteiger partial charge in [-0.25, -0.2) is 18.4 Å². The maximum absolute atomic E-state index is 13.3. The molecule has 0 radical (unpaired) electrons. The van der Waals surface area contributed by atoms with Crippen LogP contribution in [0.3, 0.4) is 0 Å². The number of nitrogens with zero attached hydrogens (tertiary/aromatic N) is 3. The molecule has 3 aliphatic rings. The standard InChI is InChI=1S/C19H22F2N4O3S/c1-10-13(9-23-5-4-22-17(23)27)29-16-14(10)15(26)25(12-2-3-12)18(28)24(16)8-11-6-19(20,21)7-11/h11-12H,2-9H2,1H3,(H,22,27). The minimum Gasteiger partial charge on any atom is -0.336 e. The number of urea groups is 1. The molecule has 2 amide bonds. The Morgan fingerprint density at radius 1 is 1.21 bits per heavy atom. The molecule has 2 saturated carbocycles. The average molecular weight is 424 g/mol. The molecule has 156 valence electrons. The highest BCUT2D eigenvalue weighted by Gasteiger charge is 2.45. The van der Waals surface area contributed by atoms with Crippen LogP contribution >= 0.6 is 11.3 Å². The number of hydrogen-bond acceptors (Lipinski definition) is 4. The van der Waals surface area contributed by atoms with E-state index in [1.165, 1.54) is 20.5 Å². The molecule has 0 unspecified atom stereocenters. The normalized spacial score (nSPS) is 21.6. The van der Waals surface area contributed by atoms with Crippen LogP contribution in [0.4, 0.5) is 13.6 Å². The first kappa shape index (κ1) is 18.8. The molecular formula is C19H22F2N4O3S. The summed E-state index contributed by atoms with van der Waals surface area (Å²) in [5.41, 5.74) is 0.0808. The summed E-state index contributed by atoms with van der Waals surface area (Å²) in [5.74, 6) is -2.93. The highest BCUT2D eigenvalue weighted by atomic mass is 32.1. The van der Waals surface area contributed by atoms with Crippen LogP contribution in [0.1, 0.15) is 42.2 Å². The van der Waals surface area contributed by atoms with E-state index in [1.807, 2.05) is 6.92 Å². The second-order valence-corrected chi connectivity index (χ2v) is 9.50. The number of alkyl halides is 2. The maximum Gasteiger partial charge on any atom is 0.332 e. The van der Waals surface area contributed by atoms with Crippen LogP contribution in [0, 0.1) is 12.8 Å². The molecule has 0 aromatic carbocycles. The Morgan fingerprint density at radius 2 is 1.93 bits per heavy atom. The van der Waals surface area contributed by atoms with Gasteiger partial charge in [-0.2, -0.15) is 0 Å². The molecule has 0 spiro atoms. The third-order valence-corrected chi connectivity index (χ3v) is 7.45. The molecule has 2 aromatic heterocycles. The van der Waals surface area contributed by atoms with E-state index in [2.05, 4.69) is 5.32 Å². The highest BCUT2D eigenvalue weighted by Crippen LogP contribution is 2.43. The monoisotopic (exact) mass is 424 g/mol. The smallest absolute Gasteiger partial charge is 0.332 e. The number of carbonyl (C=O) groups is 1. The van der Waals surface area contributed by atoms with Crippen molar-refractivity contribution in [2.45, 2.75) is 57.7 Å². The number of nitrogens with one attached hydrogen (secondary N) is 1. The van der Waals surface area contributed by atoms with E-state index >= 15 is 0 Å². The first-order chi connectivity index (χ1) is 13.7. The Labute approximate surface area is 168 Å². The van der Waals surface area contributed by atoms with Gasteiger partial charge in [-0.3, -0.25) is 13.9 Å². The fraction of sp³-hybridized carbons (Fsp3) is 0.632. The van der Waals surface area contributed by atoms with Crippen molar-refractivity contribution in [3.05, 3.63) is 31.3 Å². The van der Waals surface area contributed by atoms with Gasteiger partial charge >= 0.3 is 11.7 Å². The molecule has 2 aromatic rings. The topological polar surface area (TPSA) is 76.3 Å². The van der Waals surface area contributed by atoms with Crippen LogP contribution < -0.4 is 16.6 Å². The summed E-state index contributed by atoms with van der Waals surface area (Å²) < 4.78 is 29.5. The lowest BCUT2D eigenvalue weighted by atomic mass is 9.81. The zero-order chi connectivity index (χ0) is 20.5. The highest BCUT2D eigenvalue weighted by molar-refractivity contribution is 7.18. The van der Waals surface area contributed by atoms with Crippen molar-refractivity contribution in [1.82, 2.24) is 19.4 Å². The molecular weight excluding hydrogens is 402 g/mol. The number of amides is 2. The summed E-state index contributed by atoms with van der Waals surface area (Å²) >= 11 is 1.33. The average Bonchev–Trinajstić information content (AvgIpc) is 3.29. The minimum atomic E-state index is -2.65. The fourth-order valence-corrected chi connectivity index (χ4v) is 5.70. The first-order valence-corrected chi connectivity index (χ1v) is 10.7. The number of aromatic nitrogens is 2. The third kappa shape index (κ3) is 3.08. The van der Waals surface area contributed by atoms with Gasteiger partial charge in [0, 0.05) is 43.4 Å². The SMILES string of the molecule is Cc1c(CN2CCNC2=O)sc2c1c(=O)n(C1CC1)c(=O)n2CC1CC(F)(F)C1. The van der Waals surface area contributed by atoms with Gasteiger partial charge in [0.15, 0.2) is 0 Å². The van der Waals surface area contributed by atoms with Crippen molar-refractivity contribution >= 4 is 27.6 Å². The summed E-state index contributed by atoms with van der Waals surface area (Å²) in [7, 11) is 0. The summed E-state index contributed by atoms with van der Waals surface area (Å²) in [6.45, 7) is 3.57. The predicted molar refractivity (Wildman–Crippen MR) is 105 cm³/mol. The summed E-state index contributed by atoms with van der Waals surface area (Å²) in [4.78, 5) is 41.2. The lowest BCUT2D eigenvalue weighted by molar-refractivity contribution is -0.114. The van der Waals surface area contributed by atoms with E-state index in [4.69, 9.17) is 0 Å². The molecule has 2 aliphatic carbocycles. The zero-order valence-corrected chi connectivity index (χ0v) is 16.9. The van der Waals surface area contributed by atoms with Gasteiger partial charge in [-0.15, -0.1) is 11.3 Å². The lowest BCUT2D eigenvalue weighted by Crippen LogP contribution is -2.44. The molecule has 3 fully saturated rings. The molecule has 5 rings (SSSR count). The maximum atomic E-state index is 13.3. The number of carbonyl (C=O) groups excluding carboxylic acids is 1. The van der Waals surface area contributed by atoms with E-state index in [0.29, 0.717) is 29.9 Å². The molecule has 0 bridgehead atoms. The van der Waals surface area contributed by atoms with Crippen molar-refractivity contribution in [3.8, 4) is 0 Å². The number of halogens is 2.